The lowest BCUT2D eigenvalue weighted by atomic mass is 9.94. The molecule has 3 heterocycles. The Morgan fingerprint density at radius 3 is 2.92 bits per heavy atom. The molecule has 8 nitrogen and oxygen atoms in total. The molecule has 1 atom stereocenters. The molecule has 1 saturated heterocycles. The second-order valence-electron chi connectivity index (χ2n) is 6.38. The highest BCUT2D eigenvalue weighted by Crippen LogP contribution is 2.28. The van der Waals surface area contributed by atoms with Gasteiger partial charge in [0.25, 0.3) is 11.8 Å². The molecule has 0 unspecified atom stereocenters. The smallest absolute Gasteiger partial charge is 0.276 e. The van der Waals surface area contributed by atoms with Crippen molar-refractivity contribution >= 4 is 11.8 Å². The summed E-state index contributed by atoms with van der Waals surface area (Å²) in [6.07, 6.45) is 3.11. The molecule has 1 fully saturated rings. The first-order valence-corrected chi connectivity index (χ1v) is 8.05. The van der Waals surface area contributed by atoms with Crippen LogP contribution in [0.4, 0.5) is 0 Å². The first-order chi connectivity index (χ1) is 11.5. The van der Waals surface area contributed by atoms with Crippen LogP contribution < -0.4 is 5.73 Å². The minimum absolute atomic E-state index is 0.0951. The van der Waals surface area contributed by atoms with E-state index in [9.17, 15) is 9.59 Å². The molecule has 2 amide bonds. The molecular weight excluding hydrogens is 310 g/mol. The Morgan fingerprint density at radius 1 is 1.46 bits per heavy atom. The van der Waals surface area contributed by atoms with Crippen LogP contribution in [-0.2, 0) is 0 Å². The summed E-state index contributed by atoms with van der Waals surface area (Å²) in [6, 6.07) is 1.66. The van der Waals surface area contributed by atoms with E-state index in [1.165, 1.54) is 6.39 Å². The lowest BCUT2D eigenvalue weighted by Crippen LogP contribution is -2.39. The number of hydrogen-bond donors (Lipinski definition) is 2. The van der Waals surface area contributed by atoms with Gasteiger partial charge in [0.15, 0.2) is 12.1 Å². The van der Waals surface area contributed by atoms with Gasteiger partial charge in [0, 0.05) is 30.6 Å². The lowest BCUT2D eigenvalue weighted by molar-refractivity contribution is 0.0697. The number of nitrogens with two attached hydrogens (primary N) is 1. The Kier molecular flexibility index (Phi) is 4.37. The third-order valence-corrected chi connectivity index (χ3v) is 4.32. The molecule has 0 aromatic carbocycles. The minimum atomic E-state index is -0.564. The van der Waals surface area contributed by atoms with E-state index in [0.717, 1.165) is 18.5 Å². The van der Waals surface area contributed by atoms with E-state index in [-0.39, 0.29) is 23.4 Å². The number of rotatable bonds is 4. The quantitative estimate of drug-likeness (QED) is 0.883. The van der Waals surface area contributed by atoms with Crippen LogP contribution in [0.5, 0.6) is 0 Å². The van der Waals surface area contributed by atoms with Gasteiger partial charge in [-0.3, -0.25) is 14.7 Å². The molecule has 2 aromatic heterocycles. The summed E-state index contributed by atoms with van der Waals surface area (Å²) in [5.74, 6) is 0.118. The molecule has 0 spiro atoms. The molecular formula is C16H21N5O3. The molecule has 24 heavy (non-hydrogen) atoms. The average Bonchev–Trinajstić information content (AvgIpc) is 3.23. The molecule has 0 bridgehead atoms. The summed E-state index contributed by atoms with van der Waals surface area (Å²) >= 11 is 0. The van der Waals surface area contributed by atoms with Crippen molar-refractivity contribution in [3.63, 3.8) is 0 Å². The molecule has 2 aromatic rings. The number of aromatic amines is 1. The van der Waals surface area contributed by atoms with Crippen molar-refractivity contribution in [2.75, 3.05) is 13.1 Å². The fourth-order valence-electron chi connectivity index (χ4n) is 3.06. The SMILES string of the molecule is CC(C)c1ocnc1C(=O)N1CCC[C@@H](c2cc(C(N)=O)n[nH]2)C1. The third-order valence-electron chi connectivity index (χ3n) is 4.32. The number of piperidine rings is 1. The van der Waals surface area contributed by atoms with Crippen LogP contribution >= 0.6 is 0 Å². The van der Waals surface area contributed by atoms with Gasteiger partial charge in [-0.15, -0.1) is 0 Å². The number of nitrogens with zero attached hydrogens (tertiary/aromatic N) is 3. The first kappa shape index (κ1) is 16.2. The Balaban J connectivity index is 1.76. The maximum Gasteiger partial charge on any atom is 0.276 e. The van der Waals surface area contributed by atoms with Crippen LogP contribution in [-0.4, -0.2) is 45.0 Å². The standard InChI is InChI=1S/C16H21N5O3/c1-9(2)14-13(18-8-24-14)16(23)21-5-3-4-10(7-21)11-6-12(15(17)22)20-19-11/h6,8-10H,3-5,7H2,1-2H3,(H2,17,22)(H,19,20)/t10-/m1/s1. The average molecular weight is 331 g/mol. The van der Waals surface area contributed by atoms with Crippen LogP contribution in [0.15, 0.2) is 16.9 Å². The van der Waals surface area contributed by atoms with Gasteiger partial charge in [0.2, 0.25) is 0 Å². The zero-order valence-corrected chi connectivity index (χ0v) is 13.8. The Morgan fingerprint density at radius 2 is 2.25 bits per heavy atom. The molecule has 1 aliphatic rings. The number of oxazole rings is 1. The maximum atomic E-state index is 12.8. The predicted octanol–water partition coefficient (Wildman–Crippen LogP) is 1.64. The van der Waals surface area contributed by atoms with Gasteiger partial charge in [0.05, 0.1) is 0 Å². The van der Waals surface area contributed by atoms with Crippen LogP contribution in [0.3, 0.4) is 0 Å². The van der Waals surface area contributed by atoms with Crippen LogP contribution in [0.25, 0.3) is 0 Å². The normalized spacial score (nSPS) is 18.1. The summed E-state index contributed by atoms with van der Waals surface area (Å²) in [6.45, 7) is 5.15. The summed E-state index contributed by atoms with van der Waals surface area (Å²) < 4.78 is 5.35. The second kappa shape index (κ2) is 6.46. The second-order valence-corrected chi connectivity index (χ2v) is 6.38. The highest BCUT2D eigenvalue weighted by Gasteiger charge is 2.30. The number of carbonyl (C=O) groups excluding carboxylic acids is 2. The van der Waals surface area contributed by atoms with Gasteiger partial charge < -0.3 is 15.1 Å². The number of likely N-dealkylation sites (tertiary alicyclic amines) is 1. The van der Waals surface area contributed by atoms with Gasteiger partial charge in [-0.1, -0.05) is 13.8 Å². The largest absolute Gasteiger partial charge is 0.447 e. The summed E-state index contributed by atoms with van der Waals surface area (Å²) in [5, 5.41) is 6.78. The van der Waals surface area contributed by atoms with Crippen molar-refractivity contribution in [2.45, 2.75) is 38.5 Å². The van der Waals surface area contributed by atoms with E-state index in [1.807, 2.05) is 13.8 Å². The van der Waals surface area contributed by atoms with Crippen molar-refractivity contribution in [1.82, 2.24) is 20.1 Å². The number of primary amides is 1. The topological polar surface area (TPSA) is 118 Å². The fourth-order valence-corrected chi connectivity index (χ4v) is 3.06. The van der Waals surface area contributed by atoms with E-state index >= 15 is 0 Å². The highest BCUT2D eigenvalue weighted by molar-refractivity contribution is 5.93. The fraction of sp³-hybridized carbons (Fsp3) is 0.500. The number of nitrogens with one attached hydrogen (secondary N) is 1. The molecule has 0 aliphatic carbocycles. The first-order valence-electron chi connectivity index (χ1n) is 8.05. The summed E-state index contributed by atoms with van der Waals surface area (Å²) in [7, 11) is 0. The molecule has 0 saturated carbocycles. The lowest BCUT2D eigenvalue weighted by Gasteiger charge is -2.32. The van der Waals surface area contributed by atoms with Crippen molar-refractivity contribution in [3.8, 4) is 0 Å². The molecule has 8 heteroatoms. The van der Waals surface area contributed by atoms with Crippen molar-refractivity contribution in [2.24, 2.45) is 5.73 Å². The van der Waals surface area contributed by atoms with Gasteiger partial charge in [0.1, 0.15) is 11.5 Å². The van der Waals surface area contributed by atoms with Gasteiger partial charge in [-0.2, -0.15) is 5.10 Å². The van der Waals surface area contributed by atoms with E-state index in [2.05, 4.69) is 15.2 Å². The van der Waals surface area contributed by atoms with Gasteiger partial charge in [-0.05, 0) is 18.9 Å². The van der Waals surface area contributed by atoms with Crippen molar-refractivity contribution in [1.29, 1.82) is 0 Å². The zero-order chi connectivity index (χ0) is 17.3. The molecule has 3 N–H and O–H groups in total. The van der Waals surface area contributed by atoms with E-state index < -0.39 is 5.91 Å². The van der Waals surface area contributed by atoms with E-state index in [0.29, 0.717) is 24.5 Å². The molecule has 0 radical (unpaired) electrons. The summed E-state index contributed by atoms with van der Waals surface area (Å²) in [5.41, 5.74) is 6.66. The highest BCUT2D eigenvalue weighted by atomic mass is 16.3. The Bertz CT molecular complexity index is 748. The number of carbonyl (C=O) groups is 2. The molecule has 3 rings (SSSR count). The van der Waals surface area contributed by atoms with Crippen LogP contribution in [0.2, 0.25) is 0 Å². The number of hydrogen-bond acceptors (Lipinski definition) is 5. The molecule has 1 aliphatic heterocycles. The Labute approximate surface area is 139 Å². The maximum absolute atomic E-state index is 12.8. The summed E-state index contributed by atoms with van der Waals surface area (Å²) in [4.78, 5) is 29.8. The number of H-pyrrole nitrogens is 1. The monoisotopic (exact) mass is 331 g/mol. The Hall–Kier alpha value is -2.64. The van der Waals surface area contributed by atoms with E-state index in [1.54, 1.807) is 11.0 Å². The van der Waals surface area contributed by atoms with Crippen LogP contribution in [0.1, 0.15) is 71.0 Å². The number of aromatic nitrogens is 3. The predicted molar refractivity (Wildman–Crippen MR) is 85.6 cm³/mol. The van der Waals surface area contributed by atoms with Crippen molar-refractivity contribution < 1.29 is 14.0 Å². The number of amides is 2. The molecule has 128 valence electrons. The van der Waals surface area contributed by atoms with Crippen LogP contribution in [0, 0.1) is 0 Å². The minimum Gasteiger partial charge on any atom is -0.447 e. The van der Waals surface area contributed by atoms with E-state index in [4.69, 9.17) is 10.2 Å². The van der Waals surface area contributed by atoms with Crippen molar-refractivity contribution in [3.05, 3.63) is 35.3 Å². The van der Waals surface area contributed by atoms with Gasteiger partial charge in [-0.25, -0.2) is 4.98 Å². The zero-order valence-electron chi connectivity index (χ0n) is 13.8. The van der Waals surface area contributed by atoms with Gasteiger partial charge >= 0.3 is 0 Å². The third kappa shape index (κ3) is 3.04.